The largest absolute Gasteiger partial charge is 0.145 e. The van der Waals surface area contributed by atoms with Gasteiger partial charge in [0.1, 0.15) is 0 Å². The summed E-state index contributed by atoms with van der Waals surface area (Å²) in [5, 5.41) is 0. The van der Waals surface area contributed by atoms with Gasteiger partial charge >= 0.3 is 0 Å². The summed E-state index contributed by atoms with van der Waals surface area (Å²) in [6.45, 7) is 9.27. The molecule has 1 heterocycles. The van der Waals surface area contributed by atoms with Crippen LogP contribution in [-0.2, 0) is 12.8 Å². The third kappa shape index (κ3) is 1.11. The topological polar surface area (TPSA) is 0 Å². The van der Waals surface area contributed by atoms with Gasteiger partial charge in [-0.15, -0.1) is 11.3 Å². The number of hydrogen-bond donors (Lipinski definition) is 0. The molecule has 0 amide bonds. The Hall–Kier alpha value is -0.300. The molecule has 0 unspecified atom stereocenters. The first-order chi connectivity index (χ1) is 5.49. The molecule has 0 radical (unpaired) electrons. The van der Waals surface area contributed by atoms with Crippen molar-refractivity contribution in [2.75, 3.05) is 0 Å². The SMILES string of the molecule is Cc1sc(C)c2c1CC(C)(C)C2. The summed E-state index contributed by atoms with van der Waals surface area (Å²) in [4.78, 5) is 3.10. The van der Waals surface area contributed by atoms with Crippen molar-refractivity contribution in [3.63, 3.8) is 0 Å². The molecule has 0 bridgehead atoms. The normalized spacial score (nSPS) is 19.7. The number of hydrogen-bond acceptors (Lipinski definition) is 1. The number of aryl methyl sites for hydroxylation is 2. The Kier molecular flexibility index (Phi) is 1.63. The van der Waals surface area contributed by atoms with Crippen LogP contribution in [0.2, 0.25) is 0 Å². The zero-order valence-electron chi connectivity index (χ0n) is 8.32. The fourth-order valence-corrected chi connectivity index (χ4v) is 3.36. The van der Waals surface area contributed by atoms with Crippen molar-refractivity contribution in [2.24, 2.45) is 5.41 Å². The van der Waals surface area contributed by atoms with Crippen LogP contribution in [0.3, 0.4) is 0 Å². The van der Waals surface area contributed by atoms with Crippen molar-refractivity contribution in [2.45, 2.75) is 40.5 Å². The maximum Gasteiger partial charge on any atom is 0.00520 e. The highest BCUT2D eigenvalue weighted by molar-refractivity contribution is 7.12. The van der Waals surface area contributed by atoms with E-state index in [1.54, 1.807) is 20.9 Å². The maximum atomic E-state index is 2.37. The minimum absolute atomic E-state index is 0.522. The van der Waals surface area contributed by atoms with Crippen LogP contribution in [0.15, 0.2) is 0 Å². The molecule has 66 valence electrons. The van der Waals surface area contributed by atoms with Crippen LogP contribution in [0, 0.1) is 19.3 Å². The minimum Gasteiger partial charge on any atom is -0.145 e. The van der Waals surface area contributed by atoms with Gasteiger partial charge in [-0.1, -0.05) is 13.8 Å². The lowest BCUT2D eigenvalue weighted by atomic mass is 9.90. The maximum absolute atomic E-state index is 2.37. The Morgan fingerprint density at radius 2 is 1.42 bits per heavy atom. The summed E-state index contributed by atoms with van der Waals surface area (Å²) in [6.07, 6.45) is 2.58. The zero-order chi connectivity index (χ0) is 8.93. The third-order valence-electron chi connectivity index (χ3n) is 2.83. The predicted molar refractivity (Wildman–Crippen MR) is 55.0 cm³/mol. The predicted octanol–water partition coefficient (Wildman–Crippen LogP) is 3.49. The molecule has 0 fully saturated rings. The molecule has 1 aromatic heterocycles. The zero-order valence-corrected chi connectivity index (χ0v) is 9.14. The third-order valence-corrected chi connectivity index (χ3v) is 3.94. The molecule has 12 heavy (non-hydrogen) atoms. The molecule has 0 saturated heterocycles. The molecule has 2 rings (SSSR count). The first kappa shape index (κ1) is 8.31. The molecule has 1 aliphatic carbocycles. The standard InChI is InChI=1S/C11H16S/c1-7-9-5-11(3,4)6-10(9)8(2)12-7/h5-6H2,1-4H3. The molecule has 0 N–H and O–H groups in total. The van der Waals surface area contributed by atoms with Crippen LogP contribution < -0.4 is 0 Å². The van der Waals surface area contributed by atoms with Crippen LogP contribution in [0.4, 0.5) is 0 Å². The monoisotopic (exact) mass is 180 g/mol. The average Bonchev–Trinajstić information content (AvgIpc) is 2.34. The quantitative estimate of drug-likeness (QED) is 0.573. The molecular formula is C11H16S. The highest BCUT2D eigenvalue weighted by Crippen LogP contribution is 2.42. The molecule has 0 spiro atoms. The van der Waals surface area contributed by atoms with Gasteiger partial charge in [-0.05, 0) is 43.2 Å². The Balaban J connectivity index is 2.49. The van der Waals surface area contributed by atoms with Crippen molar-refractivity contribution in [1.29, 1.82) is 0 Å². The van der Waals surface area contributed by atoms with Gasteiger partial charge in [0.2, 0.25) is 0 Å². The van der Waals surface area contributed by atoms with E-state index in [1.807, 2.05) is 11.3 Å². The molecule has 0 aromatic carbocycles. The summed E-state index contributed by atoms with van der Waals surface area (Å²) in [7, 11) is 0. The molecular weight excluding hydrogens is 164 g/mol. The van der Waals surface area contributed by atoms with Gasteiger partial charge < -0.3 is 0 Å². The van der Waals surface area contributed by atoms with Gasteiger partial charge in [-0.2, -0.15) is 0 Å². The molecule has 0 nitrogen and oxygen atoms in total. The number of thiophene rings is 1. The van der Waals surface area contributed by atoms with E-state index in [1.165, 1.54) is 12.8 Å². The van der Waals surface area contributed by atoms with Crippen LogP contribution in [0.25, 0.3) is 0 Å². The summed E-state index contributed by atoms with van der Waals surface area (Å²) in [5.41, 5.74) is 3.83. The second kappa shape index (κ2) is 2.35. The van der Waals surface area contributed by atoms with E-state index in [2.05, 4.69) is 27.7 Å². The molecule has 1 heteroatoms. The Labute approximate surface area is 78.6 Å². The lowest BCUT2D eigenvalue weighted by molar-refractivity contribution is 0.392. The lowest BCUT2D eigenvalue weighted by Gasteiger charge is -2.16. The van der Waals surface area contributed by atoms with Gasteiger partial charge in [0.25, 0.3) is 0 Å². The van der Waals surface area contributed by atoms with Crippen molar-refractivity contribution in [1.82, 2.24) is 0 Å². The number of fused-ring (bicyclic) bond motifs is 1. The van der Waals surface area contributed by atoms with Gasteiger partial charge in [-0.25, -0.2) is 0 Å². The van der Waals surface area contributed by atoms with E-state index in [0.29, 0.717) is 5.41 Å². The highest BCUT2D eigenvalue weighted by atomic mass is 32.1. The first-order valence-electron chi connectivity index (χ1n) is 4.57. The van der Waals surface area contributed by atoms with Crippen molar-refractivity contribution < 1.29 is 0 Å². The summed E-state index contributed by atoms with van der Waals surface area (Å²) >= 11 is 1.97. The first-order valence-corrected chi connectivity index (χ1v) is 5.39. The van der Waals surface area contributed by atoms with E-state index >= 15 is 0 Å². The second-order valence-corrected chi connectivity index (χ2v) is 6.12. The fraction of sp³-hybridized carbons (Fsp3) is 0.636. The molecule has 0 saturated carbocycles. The summed E-state index contributed by atoms with van der Waals surface area (Å²) in [5.74, 6) is 0. The van der Waals surface area contributed by atoms with Gasteiger partial charge in [0.15, 0.2) is 0 Å². The van der Waals surface area contributed by atoms with E-state index in [-0.39, 0.29) is 0 Å². The lowest BCUT2D eigenvalue weighted by Crippen LogP contribution is -2.10. The van der Waals surface area contributed by atoms with E-state index < -0.39 is 0 Å². The minimum atomic E-state index is 0.522. The van der Waals surface area contributed by atoms with Gasteiger partial charge in [0, 0.05) is 9.75 Å². The van der Waals surface area contributed by atoms with Crippen LogP contribution >= 0.6 is 11.3 Å². The summed E-state index contributed by atoms with van der Waals surface area (Å²) < 4.78 is 0. The van der Waals surface area contributed by atoms with E-state index in [0.717, 1.165) is 0 Å². The van der Waals surface area contributed by atoms with Gasteiger partial charge in [-0.3, -0.25) is 0 Å². The Morgan fingerprint density at radius 3 is 1.83 bits per heavy atom. The molecule has 1 aliphatic rings. The average molecular weight is 180 g/mol. The van der Waals surface area contributed by atoms with Crippen LogP contribution in [-0.4, -0.2) is 0 Å². The molecule has 1 aromatic rings. The van der Waals surface area contributed by atoms with Crippen molar-refractivity contribution in [3.05, 3.63) is 20.9 Å². The number of rotatable bonds is 0. The molecule has 0 atom stereocenters. The van der Waals surface area contributed by atoms with Crippen molar-refractivity contribution >= 4 is 11.3 Å². The van der Waals surface area contributed by atoms with Crippen LogP contribution in [0.1, 0.15) is 34.7 Å². The van der Waals surface area contributed by atoms with Crippen molar-refractivity contribution in [3.8, 4) is 0 Å². The summed E-state index contributed by atoms with van der Waals surface area (Å²) in [6, 6.07) is 0. The molecule has 0 aliphatic heterocycles. The highest BCUT2D eigenvalue weighted by Gasteiger charge is 2.31. The Morgan fingerprint density at radius 1 is 1.00 bits per heavy atom. The smallest absolute Gasteiger partial charge is 0.00520 e. The fourth-order valence-electron chi connectivity index (χ4n) is 2.26. The van der Waals surface area contributed by atoms with E-state index in [9.17, 15) is 0 Å². The van der Waals surface area contributed by atoms with Crippen LogP contribution in [0.5, 0.6) is 0 Å². The Bertz CT molecular complexity index is 289. The second-order valence-electron chi connectivity index (χ2n) is 4.69. The van der Waals surface area contributed by atoms with Gasteiger partial charge in [0.05, 0.1) is 0 Å². The van der Waals surface area contributed by atoms with E-state index in [4.69, 9.17) is 0 Å².